The highest BCUT2D eigenvalue weighted by Crippen LogP contribution is 2.10. The van der Waals surface area contributed by atoms with Crippen LogP contribution in [0, 0.1) is 6.92 Å². The first kappa shape index (κ1) is 9.64. The third kappa shape index (κ3) is 1.96. The van der Waals surface area contributed by atoms with Crippen molar-refractivity contribution in [3.05, 3.63) is 30.6 Å². The lowest BCUT2D eigenvalue weighted by molar-refractivity contribution is 0.919. The van der Waals surface area contributed by atoms with E-state index in [9.17, 15) is 0 Å². The quantitative estimate of drug-likeness (QED) is 0.819. The van der Waals surface area contributed by atoms with Crippen molar-refractivity contribution in [3.63, 3.8) is 0 Å². The van der Waals surface area contributed by atoms with E-state index < -0.39 is 0 Å². The van der Waals surface area contributed by atoms with Crippen molar-refractivity contribution >= 4 is 5.82 Å². The van der Waals surface area contributed by atoms with E-state index in [-0.39, 0.29) is 0 Å². The second-order valence-corrected chi connectivity index (χ2v) is 3.14. The molecule has 78 valence electrons. The van der Waals surface area contributed by atoms with Gasteiger partial charge in [0.2, 0.25) is 0 Å². The minimum Gasteiger partial charge on any atom is -0.370 e. The van der Waals surface area contributed by atoms with Gasteiger partial charge in [0.25, 0.3) is 0 Å². The third-order valence-electron chi connectivity index (χ3n) is 2.08. The van der Waals surface area contributed by atoms with Gasteiger partial charge in [-0.05, 0) is 13.8 Å². The van der Waals surface area contributed by atoms with Crippen LogP contribution in [0.25, 0.3) is 5.82 Å². The first-order chi connectivity index (χ1) is 7.31. The first-order valence-corrected chi connectivity index (χ1v) is 4.87. The number of nitrogens with one attached hydrogen (secondary N) is 1. The van der Waals surface area contributed by atoms with Crippen LogP contribution in [-0.4, -0.2) is 26.1 Å². The molecule has 1 N–H and O–H groups in total. The normalized spacial score (nSPS) is 10.3. The largest absolute Gasteiger partial charge is 0.370 e. The number of imidazole rings is 1. The summed E-state index contributed by atoms with van der Waals surface area (Å²) in [6.07, 6.45) is 5.19. The fraction of sp³-hybridized carbons (Fsp3) is 0.300. The second kappa shape index (κ2) is 4.08. The van der Waals surface area contributed by atoms with Gasteiger partial charge in [0.05, 0.1) is 0 Å². The Morgan fingerprint density at radius 2 is 2.20 bits per heavy atom. The number of anilines is 1. The lowest BCUT2D eigenvalue weighted by atomic mass is 10.5. The number of aryl methyl sites for hydroxylation is 1. The summed E-state index contributed by atoms with van der Waals surface area (Å²) >= 11 is 0. The maximum atomic E-state index is 4.20. The fourth-order valence-electron chi connectivity index (χ4n) is 1.38. The highest BCUT2D eigenvalue weighted by atomic mass is 15.1. The Morgan fingerprint density at radius 1 is 1.33 bits per heavy atom. The molecule has 2 rings (SSSR count). The summed E-state index contributed by atoms with van der Waals surface area (Å²) in [5.74, 6) is 2.57. The summed E-state index contributed by atoms with van der Waals surface area (Å²) in [6, 6.07) is 1.90. The SMILES string of the molecule is CCNc1cc(-n2ccnc2C)ncn1. The zero-order valence-corrected chi connectivity index (χ0v) is 8.81. The van der Waals surface area contributed by atoms with Gasteiger partial charge < -0.3 is 5.32 Å². The smallest absolute Gasteiger partial charge is 0.143 e. The molecule has 0 bridgehead atoms. The van der Waals surface area contributed by atoms with Gasteiger partial charge >= 0.3 is 0 Å². The monoisotopic (exact) mass is 203 g/mol. The van der Waals surface area contributed by atoms with Gasteiger partial charge in [-0.25, -0.2) is 15.0 Å². The van der Waals surface area contributed by atoms with Gasteiger partial charge in [0, 0.05) is 25.0 Å². The average molecular weight is 203 g/mol. The number of hydrogen-bond donors (Lipinski definition) is 1. The summed E-state index contributed by atoms with van der Waals surface area (Å²) in [7, 11) is 0. The van der Waals surface area contributed by atoms with Gasteiger partial charge in [-0.2, -0.15) is 0 Å². The standard InChI is InChI=1S/C10H13N5/c1-3-11-9-6-10(14-7-13-9)15-5-4-12-8(15)2/h4-7H,3H2,1-2H3,(H,11,13,14). The van der Waals surface area contributed by atoms with Crippen molar-refractivity contribution in [1.82, 2.24) is 19.5 Å². The molecule has 2 heterocycles. The zero-order chi connectivity index (χ0) is 10.7. The molecular weight excluding hydrogens is 190 g/mol. The van der Waals surface area contributed by atoms with Gasteiger partial charge in [-0.3, -0.25) is 4.57 Å². The molecule has 5 nitrogen and oxygen atoms in total. The van der Waals surface area contributed by atoms with E-state index in [1.807, 2.05) is 30.7 Å². The van der Waals surface area contributed by atoms with E-state index in [4.69, 9.17) is 0 Å². The molecule has 0 saturated heterocycles. The third-order valence-corrected chi connectivity index (χ3v) is 2.08. The molecule has 0 radical (unpaired) electrons. The number of hydrogen-bond acceptors (Lipinski definition) is 4. The molecule has 2 aromatic rings. The Bertz CT molecular complexity index is 449. The predicted octanol–water partition coefficient (Wildman–Crippen LogP) is 1.40. The van der Waals surface area contributed by atoms with Crippen molar-refractivity contribution in [3.8, 4) is 5.82 Å². The van der Waals surface area contributed by atoms with E-state index in [1.165, 1.54) is 0 Å². The van der Waals surface area contributed by atoms with Crippen LogP contribution in [0.15, 0.2) is 24.8 Å². The summed E-state index contributed by atoms with van der Waals surface area (Å²) in [5, 5.41) is 3.14. The van der Waals surface area contributed by atoms with Crippen LogP contribution in [0.5, 0.6) is 0 Å². The first-order valence-electron chi connectivity index (χ1n) is 4.87. The minimum absolute atomic E-state index is 0.829. The van der Waals surface area contributed by atoms with E-state index in [0.29, 0.717) is 0 Å². The molecule has 0 aromatic carbocycles. The topological polar surface area (TPSA) is 55.6 Å². The van der Waals surface area contributed by atoms with Crippen molar-refractivity contribution < 1.29 is 0 Å². The van der Waals surface area contributed by atoms with Crippen LogP contribution in [0.1, 0.15) is 12.7 Å². The Kier molecular flexibility index (Phi) is 2.62. The van der Waals surface area contributed by atoms with E-state index >= 15 is 0 Å². The molecule has 0 unspecified atom stereocenters. The van der Waals surface area contributed by atoms with Crippen LogP contribution in [0.4, 0.5) is 5.82 Å². The lowest BCUT2D eigenvalue weighted by Crippen LogP contribution is -2.03. The summed E-state index contributed by atoms with van der Waals surface area (Å²) < 4.78 is 1.92. The maximum Gasteiger partial charge on any atom is 0.143 e. The van der Waals surface area contributed by atoms with E-state index in [2.05, 4.69) is 20.3 Å². The van der Waals surface area contributed by atoms with Gasteiger partial charge in [-0.1, -0.05) is 0 Å². The Morgan fingerprint density at radius 3 is 2.87 bits per heavy atom. The lowest BCUT2D eigenvalue weighted by Gasteiger charge is -2.06. The highest BCUT2D eigenvalue weighted by Gasteiger charge is 2.02. The summed E-state index contributed by atoms with van der Waals surface area (Å²) in [6.45, 7) is 4.82. The van der Waals surface area contributed by atoms with Crippen LogP contribution in [0.3, 0.4) is 0 Å². The predicted molar refractivity (Wildman–Crippen MR) is 58.1 cm³/mol. The van der Waals surface area contributed by atoms with Gasteiger partial charge in [0.15, 0.2) is 0 Å². The molecule has 0 aliphatic rings. The molecule has 0 amide bonds. The Labute approximate surface area is 88.2 Å². The molecule has 0 saturated carbocycles. The molecule has 0 fully saturated rings. The molecular formula is C10H13N5. The minimum atomic E-state index is 0.829. The van der Waals surface area contributed by atoms with Crippen molar-refractivity contribution in [2.45, 2.75) is 13.8 Å². The van der Waals surface area contributed by atoms with Crippen molar-refractivity contribution in [2.24, 2.45) is 0 Å². The second-order valence-electron chi connectivity index (χ2n) is 3.14. The fourth-order valence-corrected chi connectivity index (χ4v) is 1.38. The highest BCUT2D eigenvalue weighted by molar-refractivity contribution is 5.40. The summed E-state index contributed by atoms with van der Waals surface area (Å²) in [4.78, 5) is 12.5. The van der Waals surface area contributed by atoms with Crippen molar-refractivity contribution in [2.75, 3.05) is 11.9 Å². The number of nitrogens with zero attached hydrogens (tertiary/aromatic N) is 4. The Hall–Kier alpha value is -1.91. The maximum absolute atomic E-state index is 4.20. The Balaban J connectivity index is 2.37. The van der Waals surface area contributed by atoms with E-state index in [0.717, 1.165) is 24.0 Å². The van der Waals surface area contributed by atoms with Gasteiger partial charge in [0.1, 0.15) is 23.8 Å². The molecule has 15 heavy (non-hydrogen) atoms. The molecule has 0 atom stereocenters. The van der Waals surface area contributed by atoms with Crippen LogP contribution < -0.4 is 5.32 Å². The molecule has 0 aliphatic carbocycles. The van der Waals surface area contributed by atoms with Crippen LogP contribution >= 0.6 is 0 Å². The molecule has 0 aliphatic heterocycles. The van der Waals surface area contributed by atoms with E-state index in [1.54, 1.807) is 12.5 Å². The molecule has 5 heteroatoms. The number of rotatable bonds is 3. The van der Waals surface area contributed by atoms with Crippen molar-refractivity contribution in [1.29, 1.82) is 0 Å². The average Bonchev–Trinajstić information content (AvgIpc) is 2.65. The van der Waals surface area contributed by atoms with Gasteiger partial charge in [-0.15, -0.1) is 0 Å². The van der Waals surface area contributed by atoms with Crippen LogP contribution in [-0.2, 0) is 0 Å². The summed E-state index contributed by atoms with van der Waals surface area (Å²) in [5.41, 5.74) is 0. The zero-order valence-electron chi connectivity index (χ0n) is 8.81. The molecule has 2 aromatic heterocycles. The van der Waals surface area contributed by atoms with Crippen LogP contribution in [0.2, 0.25) is 0 Å². The number of aromatic nitrogens is 4. The molecule has 0 spiro atoms.